The maximum atomic E-state index is 13.0. The molecule has 5 rings (SSSR count). The Kier molecular flexibility index (Phi) is 6.10. The molecule has 0 fully saturated rings. The standard InChI is InChI=1S/C28H20O9/c1-15-11-25(29)37-23-13-16(7-9-18(15)23)35-24-14-34-22-12-17(8-10-19(22)27(24)30)36-28(31)26-20(32-2)5-4-6-21(26)33-3/h4-14H,1-3H3. The molecule has 0 saturated heterocycles. The fourth-order valence-corrected chi connectivity index (χ4v) is 3.93. The Labute approximate surface area is 209 Å². The Morgan fingerprint density at radius 3 is 2.19 bits per heavy atom. The van der Waals surface area contributed by atoms with Crippen LogP contribution in [0.3, 0.4) is 0 Å². The van der Waals surface area contributed by atoms with E-state index in [0.717, 1.165) is 17.2 Å². The van der Waals surface area contributed by atoms with Crippen LogP contribution in [0.1, 0.15) is 15.9 Å². The van der Waals surface area contributed by atoms with Gasteiger partial charge in [0.1, 0.15) is 46.0 Å². The summed E-state index contributed by atoms with van der Waals surface area (Å²) in [7, 11) is 2.87. The Hall–Kier alpha value is -5.05. The molecule has 0 aliphatic heterocycles. The summed E-state index contributed by atoms with van der Waals surface area (Å²) >= 11 is 0. The fourth-order valence-electron chi connectivity index (χ4n) is 3.93. The van der Waals surface area contributed by atoms with Crippen LogP contribution in [-0.2, 0) is 0 Å². The van der Waals surface area contributed by atoms with Crippen molar-refractivity contribution in [2.24, 2.45) is 0 Å². The molecular weight excluding hydrogens is 480 g/mol. The monoisotopic (exact) mass is 500 g/mol. The zero-order chi connectivity index (χ0) is 26.1. The lowest BCUT2D eigenvalue weighted by Crippen LogP contribution is -2.12. The van der Waals surface area contributed by atoms with E-state index in [1.807, 2.05) is 0 Å². The van der Waals surface area contributed by atoms with Crippen molar-refractivity contribution in [3.8, 4) is 28.7 Å². The highest BCUT2D eigenvalue weighted by atomic mass is 16.5. The number of benzene rings is 3. The third-order valence-corrected chi connectivity index (χ3v) is 5.71. The molecule has 0 N–H and O–H groups in total. The van der Waals surface area contributed by atoms with Crippen molar-refractivity contribution in [2.75, 3.05) is 14.2 Å². The van der Waals surface area contributed by atoms with Gasteiger partial charge in [0.2, 0.25) is 11.2 Å². The number of ether oxygens (including phenoxy) is 4. The first-order chi connectivity index (χ1) is 17.9. The van der Waals surface area contributed by atoms with E-state index in [0.29, 0.717) is 22.8 Å². The van der Waals surface area contributed by atoms with Crippen LogP contribution in [0.5, 0.6) is 28.7 Å². The van der Waals surface area contributed by atoms with Crippen LogP contribution in [0, 0.1) is 6.92 Å². The highest BCUT2D eigenvalue weighted by molar-refractivity contribution is 5.97. The molecule has 0 aliphatic rings. The molecule has 186 valence electrons. The van der Waals surface area contributed by atoms with Crippen molar-refractivity contribution in [2.45, 2.75) is 6.92 Å². The number of carbonyl (C=O) groups is 1. The number of esters is 1. The molecule has 0 saturated carbocycles. The maximum Gasteiger partial charge on any atom is 0.351 e. The van der Waals surface area contributed by atoms with Gasteiger partial charge >= 0.3 is 11.6 Å². The molecule has 0 bridgehead atoms. The smallest absolute Gasteiger partial charge is 0.351 e. The van der Waals surface area contributed by atoms with Crippen LogP contribution in [-0.4, -0.2) is 20.2 Å². The van der Waals surface area contributed by atoms with E-state index in [2.05, 4.69) is 0 Å². The van der Waals surface area contributed by atoms with Gasteiger partial charge in [-0.3, -0.25) is 4.79 Å². The van der Waals surface area contributed by atoms with Gasteiger partial charge in [-0.15, -0.1) is 0 Å². The second kappa shape index (κ2) is 9.54. The number of hydrogen-bond donors (Lipinski definition) is 0. The van der Waals surface area contributed by atoms with Crippen LogP contribution in [0.25, 0.3) is 21.9 Å². The van der Waals surface area contributed by atoms with Gasteiger partial charge in [-0.05, 0) is 48.9 Å². The van der Waals surface area contributed by atoms with E-state index in [1.54, 1.807) is 37.3 Å². The van der Waals surface area contributed by atoms with E-state index >= 15 is 0 Å². The van der Waals surface area contributed by atoms with Crippen LogP contribution in [0.15, 0.2) is 85.4 Å². The first kappa shape index (κ1) is 23.7. The summed E-state index contributed by atoms with van der Waals surface area (Å²) in [4.78, 5) is 37.6. The molecule has 37 heavy (non-hydrogen) atoms. The summed E-state index contributed by atoms with van der Waals surface area (Å²) in [5, 5.41) is 0.973. The predicted molar refractivity (Wildman–Crippen MR) is 134 cm³/mol. The molecule has 0 atom stereocenters. The number of aryl methyl sites for hydroxylation is 1. The van der Waals surface area contributed by atoms with Crippen LogP contribution < -0.4 is 30.0 Å². The van der Waals surface area contributed by atoms with Crippen molar-refractivity contribution < 1.29 is 32.6 Å². The third-order valence-electron chi connectivity index (χ3n) is 5.71. The quantitative estimate of drug-likeness (QED) is 0.175. The molecule has 3 aromatic carbocycles. The van der Waals surface area contributed by atoms with Crippen molar-refractivity contribution in [1.29, 1.82) is 0 Å². The lowest BCUT2D eigenvalue weighted by Gasteiger charge is -2.12. The molecule has 9 heteroatoms. The Morgan fingerprint density at radius 1 is 0.784 bits per heavy atom. The van der Waals surface area contributed by atoms with Gasteiger partial charge in [0.15, 0.2) is 0 Å². The Balaban J connectivity index is 1.43. The number of carbonyl (C=O) groups excluding carboxylic acids is 1. The minimum absolute atomic E-state index is 0.0645. The van der Waals surface area contributed by atoms with E-state index in [4.69, 9.17) is 27.8 Å². The van der Waals surface area contributed by atoms with Crippen LogP contribution >= 0.6 is 0 Å². The van der Waals surface area contributed by atoms with Gasteiger partial charge in [0.25, 0.3) is 0 Å². The Bertz CT molecular complexity index is 1760. The summed E-state index contributed by atoms with van der Waals surface area (Å²) in [5.41, 5.74) is 0.507. The molecule has 9 nitrogen and oxygen atoms in total. The normalized spacial score (nSPS) is 10.9. The molecule has 0 amide bonds. The zero-order valence-electron chi connectivity index (χ0n) is 20.0. The maximum absolute atomic E-state index is 13.0. The SMILES string of the molecule is COc1cccc(OC)c1C(=O)Oc1ccc2c(=O)c(Oc3ccc4c(C)cc(=O)oc4c3)coc2c1. The Morgan fingerprint density at radius 2 is 1.46 bits per heavy atom. The van der Waals surface area contributed by atoms with Crippen molar-refractivity contribution in [3.63, 3.8) is 0 Å². The van der Waals surface area contributed by atoms with Crippen molar-refractivity contribution >= 4 is 27.9 Å². The minimum Gasteiger partial charge on any atom is -0.496 e. The molecule has 5 aromatic rings. The molecular formula is C28H20O9. The van der Waals surface area contributed by atoms with Gasteiger partial charge in [0, 0.05) is 23.6 Å². The molecule has 0 spiro atoms. The summed E-state index contributed by atoms with van der Waals surface area (Å²) < 4.78 is 32.6. The highest BCUT2D eigenvalue weighted by Gasteiger charge is 2.21. The average Bonchev–Trinajstić information content (AvgIpc) is 2.89. The molecule has 0 radical (unpaired) electrons. The summed E-state index contributed by atoms with van der Waals surface area (Å²) in [5.74, 6) is 0.272. The van der Waals surface area contributed by atoms with Crippen molar-refractivity contribution in [3.05, 3.63) is 98.7 Å². The summed E-state index contributed by atoms with van der Waals surface area (Å²) in [6.45, 7) is 1.80. The molecule has 2 heterocycles. The van der Waals surface area contributed by atoms with E-state index in [1.165, 1.54) is 44.6 Å². The molecule has 0 unspecified atom stereocenters. The average molecular weight is 500 g/mol. The highest BCUT2D eigenvalue weighted by Crippen LogP contribution is 2.31. The van der Waals surface area contributed by atoms with Crippen molar-refractivity contribution in [1.82, 2.24) is 0 Å². The second-order valence-corrected chi connectivity index (χ2v) is 8.02. The second-order valence-electron chi connectivity index (χ2n) is 8.02. The van der Waals surface area contributed by atoms with Gasteiger partial charge in [-0.1, -0.05) is 6.07 Å². The number of rotatable bonds is 6. The van der Waals surface area contributed by atoms with E-state index in [9.17, 15) is 14.4 Å². The number of fused-ring (bicyclic) bond motifs is 2. The lowest BCUT2D eigenvalue weighted by atomic mass is 10.1. The topological polar surface area (TPSA) is 114 Å². The minimum atomic E-state index is -0.700. The summed E-state index contributed by atoms with van der Waals surface area (Å²) in [6.07, 6.45) is 1.16. The number of methoxy groups -OCH3 is 2. The van der Waals surface area contributed by atoms with Crippen LogP contribution in [0.2, 0.25) is 0 Å². The summed E-state index contributed by atoms with van der Waals surface area (Å²) in [6, 6.07) is 15.6. The van der Waals surface area contributed by atoms with Crippen LogP contribution in [0.4, 0.5) is 0 Å². The zero-order valence-corrected chi connectivity index (χ0v) is 20.0. The third kappa shape index (κ3) is 4.50. The van der Waals surface area contributed by atoms with E-state index < -0.39 is 17.0 Å². The van der Waals surface area contributed by atoms with Gasteiger partial charge in [-0.25, -0.2) is 9.59 Å². The largest absolute Gasteiger partial charge is 0.496 e. The molecule has 2 aromatic heterocycles. The van der Waals surface area contributed by atoms with Gasteiger partial charge < -0.3 is 27.8 Å². The predicted octanol–water partition coefficient (Wildman–Crippen LogP) is 5.24. The van der Waals surface area contributed by atoms with E-state index in [-0.39, 0.29) is 28.0 Å². The van der Waals surface area contributed by atoms with Gasteiger partial charge in [-0.2, -0.15) is 0 Å². The first-order valence-electron chi connectivity index (χ1n) is 11.1. The molecule has 0 aliphatic carbocycles. The first-order valence-corrected chi connectivity index (χ1v) is 11.1. The fraction of sp³-hybridized carbons (Fsp3) is 0.107. The number of hydrogen-bond acceptors (Lipinski definition) is 9. The van der Waals surface area contributed by atoms with Gasteiger partial charge in [0.05, 0.1) is 19.6 Å². The lowest BCUT2D eigenvalue weighted by molar-refractivity contribution is 0.0727.